The van der Waals surface area contributed by atoms with Crippen molar-refractivity contribution >= 4 is 23.9 Å². The number of hydrogen-bond acceptors (Lipinski definition) is 8. The highest BCUT2D eigenvalue weighted by Crippen LogP contribution is 2.25. The number of phenols is 1. The quantitative estimate of drug-likeness (QED) is 0.332. The number of phenolic OH excluding ortho intramolecular Hbond substituents is 1. The summed E-state index contributed by atoms with van der Waals surface area (Å²) in [6.45, 7) is 7.81. The van der Waals surface area contributed by atoms with Crippen molar-refractivity contribution in [3.05, 3.63) is 29.8 Å². The number of alkyl carbamates (subject to hydrolysis) is 1. The Hall–Kier alpha value is -3.81. The zero-order valence-corrected chi connectivity index (χ0v) is 21.0. The topological polar surface area (TPSA) is 158 Å². The van der Waals surface area contributed by atoms with E-state index in [0.717, 1.165) is 12.0 Å². The summed E-state index contributed by atoms with van der Waals surface area (Å²) >= 11 is 0. The first-order chi connectivity index (χ1) is 16.3. The number of amides is 3. The maximum absolute atomic E-state index is 13.6. The second-order valence-electron chi connectivity index (χ2n) is 9.24. The molecule has 0 fully saturated rings. The Labute approximate surface area is 205 Å². The summed E-state index contributed by atoms with van der Waals surface area (Å²) in [4.78, 5) is 51.8. The maximum atomic E-state index is 13.6. The molecule has 0 aliphatic carbocycles. The monoisotopic (exact) mass is 490 g/mol. The Bertz CT molecular complexity index is 933. The lowest BCUT2D eigenvalue weighted by atomic mass is 9.99. The van der Waals surface area contributed by atoms with Crippen molar-refractivity contribution in [1.29, 1.82) is 5.26 Å². The smallest absolute Gasteiger partial charge is 0.408 e. The molecule has 11 heteroatoms. The molecule has 0 aliphatic heterocycles. The van der Waals surface area contributed by atoms with E-state index in [9.17, 15) is 29.5 Å². The van der Waals surface area contributed by atoms with E-state index in [4.69, 9.17) is 4.74 Å². The molecule has 1 rings (SSSR count). The van der Waals surface area contributed by atoms with Crippen LogP contribution in [0.3, 0.4) is 0 Å². The van der Waals surface area contributed by atoms with Gasteiger partial charge in [0.1, 0.15) is 36.5 Å². The molecule has 3 amide bonds. The van der Waals surface area contributed by atoms with Gasteiger partial charge in [0.2, 0.25) is 11.8 Å². The fourth-order valence-corrected chi connectivity index (χ4v) is 3.17. The third kappa shape index (κ3) is 9.92. The van der Waals surface area contributed by atoms with Crippen molar-refractivity contribution in [3.8, 4) is 11.8 Å². The van der Waals surface area contributed by atoms with E-state index in [0.29, 0.717) is 0 Å². The first-order valence-electron chi connectivity index (χ1n) is 11.1. The lowest BCUT2D eigenvalue weighted by Crippen LogP contribution is -2.53. The van der Waals surface area contributed by atoms with E-state index in [1.807, 2.05) is 19.9 Å². The van der Waals surface area contributed by atoms with E-state index >= 15 is 0 Å². The van der Waals surface area contributed by atoms with E-state index in [-0.39, 0.29) is 23.7 Å². The molecule has 0 spiro atoms. The summed E-state index contributed by atoms with van der Waals surface area (Å²) in [7, 11) is 1.16. The van der Waals surface area contributed by atoms with E-state index in [1.54, 1.807) is 20.8 Å². The lowest BCUT2D eigenvalue weighted by molar-refractivity contribution is -0.144. The van der Waals surface area contributed by atoms with Crippen LogP contribution in [0.4, 0.5) is 4.79 Å². The lowest BCUT2D eigenvalue weighted by Gasteiger charge is -2.33. The summed E-state index contributed by atoms with van der Waals surface area (Å²) in [6.07, 6.45) is -0.601. The van der Waals surface area contributed by atoms with E-state index in [1.165, 1.54) is 24.3 Å². The van der Waals surface area contributed by atoms with Crippen LogP contribution in [0.25, 0.3) is 0 Å². The number of aromatic hydroxyl groups is 1. The van der Waals surface area contributed by atoms with Gasteiger partial charge in [0.15, 0.2) is 0 Å². The van der Waals surface area contributed by atoms with Crippen LogP contribution in [0, 0.1) is 17.2 Å². The molecule has 0 saturated heterocycles. The number of nitrogens with zero attached hydrogens (tertiary/aromatic N) is 2. The van der Waals surface area contributed by atoms with Crippen LogP contribution in [0.15, 0.2) is 24.3 Å². The summed E-state index contributed by atoms with van der Waals surface area (Å²) < 4.78 is 9.82. The van der Waals surface area contributed by atoms with Crippen molar-refractivity contribution in [2.75, 3.05) is 20.2 Å². The molecule has 11 nitrogen and oxygen atoms in total. The molecule has 0 aliphatic rings. The number of ether oxygens (including phenoxy) is 2. The molecule has 1 aromatic carbocycles. The number of rotatable bonds is 10. The molecule has 2 atom stereocenters. The van der Waals surface area contributed by atoms with Crippen molar-refractivity contribution < 1.29 is 33.8 Å². The van der Waals surface area contributed by atoms with Crippen LogP contribution in [-0.4, -0.2) is 65.7 Å². The number of nitriles is 1. The second kappa shape index (κ2) is 13.2. The molecule has 35 heavy (non-hydrogen) atoms. The molecule has 2 unspecified atom stereocenters. The molecular weight excluding hydrogens is 456 g/mol. The van der Waals surface area contributed by atoms with Gasteiger partial charge in [-0.3, -0.25) is 14.4 Å². The van der Waals surface area contributed by atoms with Gasteiger partial charge in [-0.15, -0.1) is 0 Å². The molecule has 0 bridgehead atoms. The number of carbonyl (C=O) groups excluding carboxylic acids is 4. The van der Waals surface area contributed by atoms with Crippen LogP contribution in [0.5, 0.6) is 5.75 Å². The van der Waals surface area contributed by atoms with Gasteiger partial charge in [-0.1, -0.05) is 26.0 Å². The highest BCUT2D eigenvalue weighted by Gasteiger charge is 2.36. The largest absolute Gasteiger partial charge is 0.508 e. The summed E-state index contributed by atoms with van der Waals surface area (Å²) in [5.41, 5.74) is -0.515. The van der Waals surface area contributed by atoms with Crippen molar-refractivity contribution in [3.63, 3.8) is 0 Å². The van der Waals surface area contributed by atoms with Crippen LogP contribution in [-0.2, 0) is 23.9 Å². The normalized spacial score (nSPS) is 12.6. The van der Waals surface area contributed by atoms with Gasteiger partial charge in [0.25, 0.3) is 0 Å². The molecule has 192 valence electrons. The fraction of sp³-hybridized carbons (Fsp3) is 0.542. The number of nitrogens with one attached hydrogen (secondary N) is 2. The number of esters is 1. The minimum absolute atomic E-state index is 0.0249. The Morgan fingerprint density at radius 1 is 1.14 bits per heavy atom. The minimum Gasteiger partial charge on any atom is -0.508 e. The highest BCUT2D eigenvalue weighted by molar-refractivity contribution is 5.93. The van der Waals surface area contributed by atoms with Gasteiger partial charge in [0.05, 0.1) is 13.2 Å². The summed E-state index contributed by atoms with van der Waals surface area (Å²) in [5, 5.41) is 24.1. The zero-order valence-electron chi connectivity index (χ0n) is 21.0. The standard InChI is InChI=1S/C24H34N4O7/c1-15(2)13-18(27-23(33)35-24(3,4)5)22(32)28(12-11-25)20(16-7-9-17(29)10-8-16)21(31)26-14-19(30)34-6/h7-10,15,18,20,29H,12-14H2,1-6H3,(H,26,31)(H,27,33). The zero-order chi connectivity index (χ0) is 26.8. The third-order valence-corrected chi connectivity index (χ3v) is 4.62. The third-order valence-electron chi connectivity index (χ3n) is 4.62. The van der Waals surface area contributed by atoms with Crippen molar-refractivity contribution in [1.82, 2.24) is 15.5 Å². The number of methoxy groups -OCH3 is 1. The predicted molar refractivity (Wildman–Crippen MR) is 126 cm³/mol. The first kappa shape index (κ1) is 29.2. The molecule has 0 aromatic heterocycles. The molecule has 0 saturated carbocycles. The van der Waals surface area contributed by atoms with Gasteiger partial charge in [-0.2, -0.15) is 5.26 Å². The number of carbonyl (C=O) groups is 4. The van der Waals surface area contributed by atoms with Crippen LogP contribution in [0.2, 0.25) is 0 Å². The Kier molecular flexibility index (Phi) is 11.0. The van der Waals surface area contributed by atoms with Gasteiger partial charge in [-0.05, 0) is 50.8 Å². The van der Waals surface area contributed by atoms with Crippen LogP contribution < -0.4 is 10.6 Å². The van der Waals surface area contributed by atoms with Gasteiger partial charge in [0, 0.05) is 0 Å². The van der Waals surface area contributed by atoms with Crippen LogP contribution in [0.1, 0.15) is 52.6 Å². The Balaban J connectivity index is 3.40. The van der Waals surface area contributed by atoms with Crippen molar-refractivity contribution in [2.45, 2.75) is 58.7 Å². The predicted octanol–water partition coefficient (Wildman–Crippen LogP) is 2.01. The average Bonchev–Trinajstić information content (AvgIpc) is 2.75. The molecule has 0 radical (unpaired) electrons. The number of benzene rings is 1. The summed E-state index contributed by atoms with van der Waals surface area (Å²) in [5.74, 6) is -2.22. The first-order valence-corrected chi connectivity index (χ1v) is 11.1. The molecule has 3 N–H and O–H groups in total. The van der Waals surface area contributed by atoms with Gasteiger partial charge < -0.3 is 30.1 Å². The molecule has 1 aromatic rings. The van der Waals surface area contributed by atoms with Gasteiger partial charge in [-0.25, -0.2) is 4.79 Å². The van der Waals surface area contributed by atoms with Gasteiger partial charge >= 0.3 is 12.1 Å². The van der Waals surface area contributed by atoms with Crippen LogP contribution >= 0.6 is 0 Å². The molecular formula is C24H34N4O7. The summed E-state index contributed by atoms with van der Waals surface area (Å²) in [6, 6.07) is 4.97. The maximum Gasteiger partial charge on any atom is 0.408 e. The number of hydrogen-bond donors (Lipinski definition) is 3. The molecule has 0 heterocycles. The highest BCUT2D eigenvalue weighted by atomic mass is 16.6. The second-order valence-corrected chi connectivity index (χ2v) is 9.24. The Morgan fingerprint density at radius 3 is 2.23 bits per heavy atom. The minimum atomic E-state index is -1.33. The van der Waals surface area contributed by atoms with E-state index in [2.05, 4.69) is 15.4 Å². The van der Waals surface area contributed by atoms with Crippen molar-refractivity contribution in [2.24, 2.45) is 5.92 Å². The Morgan fingerprint density at radius 2 is 1.74 bits per heavy atom. The SMILES string of the molecule is COC(=O)CNC(=O)C(c1ccc(O)cc1)N(CC#N)C(=O)C(CC(C)C)NC(=O)OC(C)(C)C. The average molecular weight is 491 g/mol. The fourth-order valence-electron chi connectivity index (χ4n) is 3.17. The van der Waals surface area contributed by atoms with E-state index < -0.39 is 54.7 Å².